The van der Waals surface area contributed by atoms with Crippen LogP contribution in [0.15, 0.2) is 36.5 Å². The van der Waals surface area contributed by atoms with Gasteiger partial charge in [-0.15, -0.1) is 0 Å². The monoisotopic (exact) mass is 273 g/mol. The van der Waals surface area contributed by atoms with Gasteiger partial charge in [-0.1, -0.05) is 30.3 Å². The Morgan fingerprint density at radius 1 is 1.30 bits per heavy atom. The van der Waals surface area contributed by atoms with Crippen molar-refractivity contribution in [2.75, 3.05) is 17.6 Å². The van der Waals surface area contributed by atoms with E-state index in [0.29, 0.717) is 12.5 Å². The number of nitrogens with one attached hydrogen (secondary N) is 1. The van der Waals surface area contributed by atoms with Gasteiger partial charge in [-0.2, -0.15) is 4.98 Å². The largest absolute Gasteiger partial charge is 0.378 e. The Morgan fingerprint density at radius 2 is 2.05 bits per heavy atom. The summed E-state index contributed by atoms with van der Waals surface area (Å²) in [6.07, 6.45) is 2.96. The maximum atomic E-state index is 10.6. The molecule has 0 aliphatic heterocycles. The van der Waals surface area contributed by atoms with Gasteiger partial charge in [-0.05, 0) is 18.4 Å². The molecule has 0 aliphatic carbocycles. The summed E-state index contributed by atoms with van der Waals surface area (Å²) in [5.41, 5.74) is 6.47. The van der Waals surface area contributed by atoms with Crippen LogP contribution in [0.3, 0.4) is 0 Å². The topological polar surface area (TPSA) is 107 Å². The van der Waals surface area contributed by atoms with Gasteiger partial charge in [0.15, 0.2) is 0 Å². The number of rotatable bonds is 6. The summed E-state index contributed by atoms with van der Waals surface area (Å²) in [4.78, 5) is 17.7. The summed E-state index contributed by atoms with van der Waals surface area (Å²) in [5.74, 6) is 0.178. The van der Waals surface area contributed by atoms with E-state index in [0.717, 1.165) is 19.0 Å². The minimum absolute atomic E-state index is 0.129. The Balaban J connectivity index is 1.83. The molecule has 1 aromatic carbocycles. The van der Waals surface area contributed by atoms with Crippen LogP contribution >= 0.6 is 0 Å². The Hall–Kier alpha value is -2.70. The molecule has 1 aromatic heterocycles. The number of hydrogen-bond donors (Lipinski definition) is 2. The molecule has 0 unspecified atom stereocenters. The zero-order chi connectivity index (χ0) is 14.4. The van der Waals surface area contributed by atoms with Crippen molar-refractivity contribution < 1.29 is 4.92 Å². The molecule has 0 saturated carbocycles. The lowest BCUT2D eigenvalue weighted by Crippen LogP contribution is -2.08. The van der Waals surface area contributed by atoms with Gasteiger partial charge in [-0.3, -0.25) is 10.1 Å². The summed E-state index contributed by atoms with van der Waals surface area (Å²) in [6, 6.07) is 10.1. The van der Waals surface area contributed by atoms with Gasteiger partial charge in [0.1, 0.15) is 6.20 Å². The molecule has 0 amide bonds. The van der Waals surface area contributed by atoms with Gasteiger partial charge in [0.05, 0.1) is 4.92 Å². The highest BCUT2D eigenvalue weighted by Gasteiger charge is 2.13. The summed E-state index contributed by atoms with van der Waals surface area (Å²) >= 11 is 0. The Morgan fingerprint density at radius 3 is 2.70 bits per heavy atom. The number of anilines is 2. The molecular formula is C13H15N5O2. The summed E-state index contributed by atoms with van der Waals surface area (Å²) in [5, 5.41) is 13.6. The van der Waals surface area contributed by atoms with Gasteiger partial charge in [0, 0.05) is 6.54 Å². The molecule has 0 spiro atoms. The first kappa shape index (κ1) is 13.7. The number of benzene rings is 1. The molecule has 0 atom stereocenters. The van der Waals surface area contributed by atoms with Crippen LogP contribution < -0.4 is 11.1 Å². The molecule has 0 fully saturated rings. The number of hydrogen-bond acceptors (Lipinski definition) is 6. The van der Waals surface area contributed by atoms with E-state index < -0.39 is 4.92 Å². The van der Waals surface area contributed by atoms with Crippen LogP contribution in [-0.2, 0) is 6.42 Å². The van der Waals surface area contributed by atoms with Crippen LogP contribution in [0.25, 0.3) is 0 Å². The summed E-state index contributed by atoms with van der Waals surface area (Å²) in [6.45, 7) is 0.673. The molecule has 0 aliphatic rings. The average molecular weight is 273 g/mol. The number of nitro groups is 1. The second-order valence-corrected chi connectivity index (χ2v) is 4.24. The zero-order valence-corrected chi connectivity index (χ0v) is 10.8. The molecule has 3 N–H and O–H groups in total. The first-order valence-electron chi connectivity index (χ1n) is 6.21. The smallest absolute Gasteiger partial charge is 0.329 e. The lowest BCUT2D eigenvalue weighted by molar-refractivity contribution is -0.384. The highest BCUT2D eigenvalue weighted by atomic mass is 16.6. The van der Waals surface area contributed by atoms with Crippen LogP contribution in [0.1, 0.15) is 12.0 Å². The third-order valence-electron chi connectivity index (χ3n) is 2.76. The van der Waals surface area contributed by atoms with Crippen molar-refractivity contribution >= 4 is 17.5 Å². The summed E-state index contributed by atoms with van der Waals surface area (Å²) in [7, 11) is 0. The molecule has 2 rings (SSSR count). The van der Waals surface area contributed by atoms with Crippen molar-refractivity contribution in [1.82, 2.24) is 9.97 Å². The van der Waals surface area contributed by atoms with E-state index in [9.17, 15) is 10.1 Å². The zero-order valence-electron chi connectivity index (χ0n) is 10.8. The van der Waals surface area contributed by atoms with Gasteiger partial charge in [-0.25, -0.2) is 4.98 Å². The van der Waals surface area contributed by atoms with Crippen molar-refractivity contribution in [1.29, 1.82) is 0 Å². The first-order valence-corrected chi connectivity index (χ1v) is 6.21. The first-order chi connectivity index (χ1) is 9.66. The van der Waals surface area contributed by atoms with E-state index in [1.165, 1.54) is 5.56 Å². The molecule has 2 aromatic rings. The fraction of sp³-hybridized carbons (Fsp3) is 0.231. The number of nitrogens with zero attached hydrogens (tertiary/aromatic N) is 3. The highest BCUT2D eigenvalue weighted by Crippen LogP contribution is 2.18. The van der Waals surface area contributed by atoms with Crippen LogP contribution in [0, 0.1) is 10.1 Å². The average Bonchev–Trinajstić information content (AvgIpc) is 2.44. The molecule has 0 radical (unpaired) electrons. The van der Waals surface area contributed by atoms with E-state index in [-0.39, 0.29) is 11.5 Å². The van der Waals surface area contributed by atoms with Gasteiger partial charge in [0.2, 0.25) is 11.8 Å². The van der Waals surface area contributed by atoms with Crippen LogP contribution in [0.4, 0.5) is 17.5 Å². The van der Waals surface area contributed by atoms with E-state index in [1.807, 2.05) is 18.2 Å². The van der Waals surface area contributed by atoms with Gasteiger partial charge < -0.3 is 11.1 Å². The quantitative estimate of drug-likeness (QED) is 0.473. The van der Waals surface area contributed by atoms with Crippen molar-refractivity contribution in [3.05, 3.63) is 52.2 Å². The maximum Gasteiger partial charge on any atom is 0.329 e. The van der Waals surface area contributed by atoms with Gasteiger partial charge >= 0.3 is 5.69 Å². The van der Waals surface area contributed by atoms with E-state index in [1.54, 1.807) is 0 Å². The minimum atomic E-state index is -0.603. The van der Waals surface area contributed by atoms with Crippen molar-refractivity contribution in [3.63, 3.8) is 0 Å². The standard InChI is InChI=1S/C13H15N5O2/c14-12-11(18(19)20)9-16-13(17-12)15-8-4-7-10-5-2-1-3-6-10/h1-3,5-6,9H,4,7-8H2,(H3,14,15,16,17). The second kappa shape index (κ2) is 6.46. The fourth-order valence-corrected chi connectivity index (χ4v) is 1.75. The number of nitrogens with two attached hydrogens (primary N) is 1. The molecule has 104 valence electrons. The van der Waals surface area contributed by atoms with E-state index >= 15 is 0 Å². The molecule has 1 heterocycles. The molecule has 0 bridgehead atoms. The lowest BCUT2D eigenvalue weighted by Gasteiger charge is -2.05. The van der Waals surface area contributed by atoms with Crippen LogP contribution in [-0.4, -0.2) is 21.4 Å². The third-order valence-corrected chi connectivity index (χ3v) is 2.76. The molecule has 20 heavy (non-hydrogen) atoms. The predicted octanol–water partition coefficient (Wildman–Crippen LogP) is 2.01. The molecule has 0 saturated heterocycles. The summed E-state index contributed by atoms with van der Waals surface area (Å²) < 4.78 is 0. The van der Waals surface area contributed by atoms with E-state index in [2.05, 4.69) is 27.4 Å². The van der Waals surface area contributed by atoms with Crippen molar-refractivity contribution in [2.24, 2.45) is 0 Å². The Labute approximate surface area is 116 Å². The Bertz CT molecular complexity index is 589. The van der Waals surface area contributed by atoms with Crippen LogP contribution in [0.5, 0.6) is 0 Å². The predicted molar refractivity (Wildman–Crippen MR) is 76.4 cm³/mol. The highest BCUT2D eigenvalue weighted by molar-refractivity contribution is 5.53. The minimum Gasteiger partial charge on any atom is -0.378 e. The molecular weight excluding hydrogens is 258 g/mol. The molecule has 7 heteroatoms. The fourth-order valence-electron chi connectivity index (χ4n) is 1.75. The third kappa shape index (κ3) is 3.64. The Kier molecular flexibility index (Phi) is 4.43. The van der Waals surface area contributed by atoms with Gasteiger partial charge in [0.25, 0.3) is 0 Å². The molecule has 7 nitrogen and oxygen atoms in total. The van der Waals surface area contributed by atoms with Crippen LogP contribution in [0.2, 0.25) is 0 Å². The number of aromatic nitrogens is 2. The van der Waals surface area contributed by atoms with Crippen molar-refractivity contribution in [3.8, 4) is 0 Å². The lowest BCUT2D eigenvalue weighted by atomic mass is 10.1. The second-order valence-electron chi connectivity index (χ2n) is 4.24. The van der Waals surface area contributed by atoms with E-state index in [4.69, 9.17) is 5.73 Å². The maximum absolute atomic E-state index is 10.6. The normalized spacial score (nSPS) is 10.2. The number of nitrogen functional groups attached to an aromatic ring is 1. The van der Waals surface area contributed by atoms with Crippen molar-refractivity contribution in [2.45, 2.75) is 12.8 Å². The SMILES string of the molecule is Nc1nc(NCCCc2ccccc2)ncc1[N+](=O)[O-]. The number of aryl methyl sites for hydroxylation is 1.